The number of piperidine rings is 1. The molecule has 5 nitrogen and oxygen atoms in total. The molecule has 3 heterocycles. The molecule has 0 aliphatic carbocycles. The van der Waals surface area contributed by atoms with E-state index in [2.05, 4.69) is 23.9 Å². The summed E-state index contributed by atoms with van der Waals surface area (Å²) in [7, 11) is 1.85. The molecule has 0 saturated carbocycles. The van der Waals surface area contributed by atoms with E-state index in [9.17, 15) is 4.79 Å². The average Bonchev–Trinajstić information content (AvgIpc) is 2.97. The quantitative estimate of drug-likeness (QED) is 0.873. The second-order valence-electron chi connectivity index (χ2n) is 6.50. The Labute approximate surface area is 137 Å². The predicted molar refractivity (Wildman–Crippen MR) is 89.2 cm³/mol. The zero-order chi connectivity index (χ0) is 16.4. The van der Waals surface area contributed by atoms with Crippen molar-refractivity contribution in [2.45, 2.75) is 45.1 Å². The van der Waals surface area contributed by atoms with Crippen LogP contribution in [0.3, 0.4) is 0 Å². The highest BCUT2D eigenvalue weighted by molar-refractivity contribution is 5.93. The lowest BCUT2D eigenvalue weighted by atomic mass is 9.98. The summed E-state index contributed by atoms with van der Waals surface area (Å²) >= 11 is 0. The van der Waals surface area contributed by atoms with Crippen molar-refractivity contribution in [3.8, 4) is 0 Å². The Morgan fingerprint density at radius 1 is 1.30 bits per heavy atom. The molecule has 23 heavy (non-hydrogen) atoms. The van der Waals surface area contributed by atoms with Gasteiger partial charge in [-0.15, -0.1) is 0 Å². The number of nitrogens with zero attached hydrogens (tertiary/aromatic N) is 4. The van der Waals surface area contributed by atoms with Gasteiger partial charge in [-0.3, -0.25) is 14.5 Å². The minimum Gasteiger partial charge on any atom is -0.329 e. The van der Waals surface area contributed by atoms with Crippen LogP contribution in [0, 0.1) is 0 Å². The second-order valence-corrected chi connectivity index (χ2v) is 6.50. The van der Waals surface area contributed by atoms with Crippen molar-refractivity contribution in [2.24, 2.45) is 7.05 Å². The molecule has 0 aromatic carbocycles. The van der Waals surface area contributed by atoms with E-state index in [4.69, 9.17) is 0 Å². The molecule has 0 unspecified atom stereocenters. The first-order valence-corrected chi connectivity index (χ1v) is 8.33. The summed E-state index contributed by atoms with van der Waals surface area (Å²) in [5.74, 6) is 0.373. The fourth-order valence-corrected chi connectivity index (χ4v) is 3.17. The third-order valence-corrected chi connectivity index (χ3v) is 4.50. The van der Waals surface area contributed by atoms with Crippen LogP contribution in [-0.2, 0) is 7.05 Å². The third-order valence-electron chi connectivity index (χ3n) is 4.50. The Morgan fingerprint density at radius 2 is 2.13 bits per heavy atom. The molecule has 0 N–H and O–H groups in total. The van der Waals surface area contributed by atoms with Crippen molar-refractivity contribution in [1.82, 2.24) is 19.7 Å². The third kappa shape index (κ3) is 3.14. The van der Waals surface area contributed by atoms with E-state index in [1.54, 1.807) is 10.9 Å². The van der Waals surface area contributed by atoms with Gasteiger partial charge < -0.3 is 4.90 Å². The molecule has 0 spiro atoms. The van der Waals surface area contributed by atoms with Gasteiger partial charge in [0.2, 0.25) is 0 Å². The zero-order valence-corrected chi connectivity index (χ0v) is 14.1. The summed E-state index contributed by atoms with van der Waals surface area (Å²) in [6.07, 6.45) is 4.95. The van der Waals surface area contributed by atoms with Crippen LogP contribution in [0.2, 0.25) is 0 Å². The van der Waals surface area contributed by atoms with E-state index in [0.29, 0.717) is 11.6 Å². The highest BCUT2D eigenvalue weighted by atomic mass is 16.2. The van der Waals surface area contributed by atoms with Gasteiger partial charge >= 0.3 is 0 Å². The first-order valence-electron chi connectivity index (χ1n) is 8.33. The zero-order valence-electron chi connectivity index (χ0n) is 14.1. The highest BCUT2D eigenvalue weighted by Crippen LogP contribution is 2.31. The van der Waals surface area contributed by atoms with Gasteiger partial charge in [-0.25, -0.2) is 0 Å². The molecule has 1 aliphatic rings. The number of carbonyl (C=O) groups excluding carboxylic acids is 1. The maximum atomic E-state index is 13.1. The van der Waals surface area contributed by atoms with E-state index in [0.717, 1.165) is 37.2 Å². The molecule has 1 saturated heterocycles. The van der Waals surface area contributed by atoms with Gasteiger partial charge in [-0.1, -0.05) is 19.9 Å². The minimum atomic E-state index is 0.0576. The molecular formula is C18H24N4O. The van der Waals surface area contributed by atoms with Crippen molar-refractivity contribution in [3.63, 3.8) is 0 Å². The molecular weight excluding hydrogens is 288 g/mol. The van der Waals surface area contributed by atoms with E-state index in [1.165, 1.54) is 0 Å². The van der Waals surface area contributed by atoms with E-state index >= 15 is 0 Å². The summed E-state index contributed by atoms with van der Waals surface area (Å²) in [6.45, 7) is 4.96. The predicted octanol–water partition coefficient (Wildman–Crippen LogP) is 3.31. The van der Waals surface area contributed by atoms with Gasteiger partial charge in [0.1, 0.15) is 5.69 Å². The largest absolute Gasteiger partial charge is 0.329 e. The highest BCUT2D eigenvalue weighted by Gasteiger charge is 2.31. The average molecular weight is 312 g/mol. The summed E-state index contributed by atoms with van der Waals surface area (Å²) in [4.78, 5) is 19.5. The summed E-state index contributed by atoms with van der Waals surface area (Å²) < 4.78 is 1.71. The number of pyridine rings is 1. The number of aromatic nitrogens is 3. The van der Waals surface area contributed by atoms with Crippen LogP contribution < -0.4 is 0 Å². The summed E-state index contributed by atoms with van der Waals surface area (Å²) in [5.41, 5.74) is 2.60. The topological polar surface area (TPSA) is 51.0 Å². The van der Waals surface area contributed by atoms with E-state index in [-0.39, 0.29) is 11.9 Å². The molecule has 1 fully saturated rings. The van der Waals surface area contributed by atoms with Crippen molar-refractivity contribution >= 4 is 5.91 Å². The minimum absolute atomic E-state index is 0.0576. The molecule has 1 atom stereocenters. The maximum absolute atomic E-state index is 13.1. The van der Waals surface area contributed by atoms with Gasteiger partial charge in [0.05, 0.1) is 17.4 Å². The van der Waals surface area contributed by atoms with Crippen molar-refractivity contribution in [1.29, 1.82) is 0 Å². The number of aryl methyl sites for hydroxylation is 1. The van der Waals surface area contributed by atoms with E-state index < -0.39 is 0 Å². The summed E-state index contributed by atoms with van der Waals surface area (Å²) in [6, 6.07) is 7.90. The number of hydrogen-bond acceptors (Lipinski definition) is 3. The van der Waals surface area contributed by atoms with Gasteiger partial charge in [-0.2, -0.15) is 5.10 Å². The standard InChI is InChI=1S/C18H24N4O/c1-13(2)15-12-17(21(3)20-15)18(23)22-11-7-5-9-16(22)14-8-4-6-10-19-14/h4,6,8,10,12-13,16H,5,7,9,11H2,1-3H3/t16-/m1/s1. The number of carbonyl (C=O) groups is 1. The molecule has 0 bridgehead atoms. The van der Waals surface area contributed by atoms with Crippen LogP contribution in [-0.4, -0.2) is 32.1 Å². The molecule has 1 amide bonds. The first-order chi connectivity index (χ1) is 11.1. The Balaban J connectivity index is 1.90. The van der Waals surface area contributed by atoms with Crippen LogP contribution in [0.4, 0.5) is 0 Å². The van der Waals surface area contributed by atoms with Crippen LogP contribution in [0.25, 0.3) is 0 Å². The Morgan fingerprint density at radius 3 is 2.78 bits per heavy atom. The van der Waals surface area contributed by atoms with Gasteiger partial charge in [-0.05, 0) is 43.4 Å². The van der Waals surface area contributed by atoms with Crippen LogP contribution in [0.5, 0.6) is 0 Å². The van der Waals surface area contributed by atoms with Gasteiger partial charge in [0, 0.05) is 19.8 Å². The molecule has 3 rings (SSSR count). The molecule has 0 radical (unpaired) electrons. The SMILES string of the molecule is CC(C)c1cc(C(=O)N2CCCC[C@@H]2c2ccccn2)n(C)n1. The number of amides is 1. The molecule has 2 aromatic rings. The van der Waals surface area contributed by atoms with Gasteiger partial charge in [0.15, 0.2) is 0 Å². The Hall–Kier alpha value is -2.17. The maximum Gasteiger partial charge on any atom is 0.272 e. The lowest BCUT2D eigenvalue weighted by Gasteiger charge is -2.35. The fraction of sp³-hybridized carbons (Fsp3) is 0.500. The molecule has 5 heteroatoms. The molecule has 1 aliphatic heterocycles. The molecule has 122 valence electrons. The Kier molecular flexibility index (Phi) is 4.46. The van der Waals surface area contributed by atoms with Crippen LogP contribution >= 0.6 is 0 Å². The number of rotatable bonds is 3. The number of likely N-dealkylation sites (tertiary alicyclic amines) is 1. The number of hydrogen-bond donors (Lipinski definition) is 0. The van der Waals surface area contributed by atoms with Gasteiger partial charge in [0.25, 0.3) is 5.91 Å². The van der Waals surface area contributed by atoms with Crippen molar-refractivity contribution < 1.29 is 4.79 Å². The lowest BCUT2D eigenvalue weighted by molar-refractivity contribution is 0.0594. The normalized spacial score (nSPS) is 18.4. The smallest absolute Gasteiger partial charge is 0.272 e. The summed E-state index contributed by atoms with van der Waals surface area (Å²) in [5, 5.41) is 4.48. The monoisotopic (exact) mass is 312 g/mol. The van der Waals surface area contributed by atoms with Crippen LogP contribution in [0.15, 0.2) is 30.5 Å². The second kappa shape index (κ2) is 6.52. The van der Waals surface area contributed by atoms with Crippen molar-refractivity contribution in [3.05, 3.63) is 47.5 Å². The first kappa shape index (κ1) is 15.7. The van der Waals surface area contributed by atoms with Crippen LogP contribution in [0.1, 0.15) is 66.9 Å². The van der Waals surface area contributed by atoms with Crippen molar-refractivity contribution in [2.75, 3.05) is 6.54 Å². The van der Waals surface area contributed by atoms with E-state index in [1.807, 2.05) is 36.2 Å². The Bertz CT molecular complexity index is 678. The molecule has 2 aromatic heterocycles. The lowest BCUT2D eigenvalue weighted by Crippen LogP contribution is -2.39. The fourth-order valence-electron chi connectivity index (χ4n) is 3.17.